The van der Waals surface area contributed by atoms with Crippen LogP contribution in [0, 0.1) is 12.3 Å². The molecule has 0 saturated carbocycles. The van der Waals surface area contributed by atoms with Crippen LogP contribution in [0.25, 0.3) is 0 Å². The van der Waals surface area contributed by atoms with E-state index in [0.29, 0.717) is 38.4 Å². The minimum atomic E-state index is -0.741. The molecule has 1 saturated heterocycles. The minimum absolute atomic E-state index is 0.0721. The Labute approximate surface area is 101 Å². The van der Waals surface area contributed by atoms with Crippen LogP contribution in [-0.2, 0) is 9.53 Å². The molecular formula is C11H18N2O2S. The van der Waals surface area contributed by atoms with E-state index >= 15 is 0 Å². The first-order valence-corrected chi connectivity index (χ1v) is 6.51. The average Bonchev–Trinajstić information content (AvgIpc) is 2.29. The number of carbonyl (C=O) groups is 1. The Kier molecular flexibility index (Phi) is 5.67. The van der Waals surface area contributed by atoms with E-state index in [-0.39, 0.29) is 5.91 Å². The van der Waals surface area contributed by atoms with Gasteiger partial charge in [0.15, 0.2) is 0 Å². The topological polar surface area (TPSA) is 64.4 Å². The zero-order valence-corrected chi connectivity index (χ0v) is 10.1. The molecule has 0 aromatic carbocycles. The summed E-state index contributed by atoms with van der Waals surface area (Å²) in [5, 5.41) is 2.84. The second kappa shape index (κ2) is 6.79. The van der Waals surface area contributed by atoms with Gasteiger partial charge in [-0.05, 0) is 12.8 Å². The summed E-state index contributed by atoms with van der Waals surface area (Å²) in [4.78, 5) is 11.8. The van der Waals surface area contributed by atoms with Gasteiger partial charge < -0.3 is 15.8 Å². The highest BCUT2D eigenvalue weighted by atomic mass is 32.2. The number of hydrogen-bond acceptors (Lipinski definition) is 4. The molecule has 1 heterocycles. The zero-order chi connectivity index (χ0) is 11.9. The molecule has 0 atom stereocenters. The molecule has 1 aliphatic heterocycles. The van der Waals surface area contributed by atoms with Gasteiger partial charge in [-0.1, -0.05) is 5.92 Å². The number of thioether (sulfide) groups is 1. The Morgan fingerprint density at radius 1 is 1.56 bits per heavy atom. The average molecular weight is 242 g/mol. The van der Waals surface area contributed by atoms with Crippen molar-refractivity contribution >= 4 is 17.7 Å². The molecule has 1 rings (SSSR count). The molecule has 1 aliphatic rings. The standard InChI is InChI=1S/C11H18N2O2S/c1-2-8-16-9-5-13-10(14)11(12)3-6-15-7-4-11/h1H,3-9,12H2,(H,13,14). The van der Waals surface area contributed by atoms with Crippen molar-refractivity contribution in [1.29, 1.82) is 0 Å². The summed E-state index contributed by atoms with van der Waals surface area (Å²) in [6.07, 6.45) is 6.30. The van der Waals surface area contributed by atoms with E-state index in [1.54, 1.807) is 11.8 Å². The number of rotatable bonds is 5. The Hall–Kier alpha value is -0.700. The normalized spacial score (nSPS) is 18.8. The van der Waals surface area contributed by atoms with Gasteiger partial charge >= 0.3 is 0 Å². The first-order chi connectivity index (χ1) is 7.69. The third-order valence-electron chi connectivity index (χ3n) is 2.55. The first-order valence-electron chi connectivity index (χ1n) is 5.35. The Balaban J connectivity index is 2.21. The van der Waals surface area contributed by atoms with E-state index < -0.39 is 5.54 Å². The molecule has 1 fully saturated rings. The highest BCUT2D eigenvalue weighted by Crippen LogP contribution is 2.17. The molecule has 0 spiro atoms. The quantitative estimate of drug-likeness (QED) is 0.525. The molecule has 0 aliphatic carbocycles. The number of carbonyl (C=O) groups excluding carboxylic acids is 1. The van der Waals surface area contributed by atoms with Crippen LogP contribution < -0.4 is 11.1 Å². The van der Waals surface area contributed by atoms with Gasteiger partial charge in [0, 0.05) is 25.5 Å². The van der Waals surface area contributed by atoms with Crippen LogP contribution in [-0.4, -0.2) is 42.7 Å². The second-order valence-electron chi connectivity index (χ2n) is 3.78. The summed E-state index contributed by atoms with van der Waals surface area (Å²) in [6.45, 7) is 1.75. The van der Waals surface area contributed by atoms with Crippen molar-refractivity contribution in [2.45, 2.75) is 18.4 Å². The number of nitrogens with one attached hydrogen (secondary N) is 1. The fraction of sp³-hybridized carbons (Fsp3) is 0.727. The highest BCUT2D eigenvalue weighted by molar-refractivity contribution is 7.99. The predicted octanol–water partition coefficient (Wildman–Crippen LogP) is -0.0231. The summed E-state index contributed by atoms with van der Waals surface area (Å²) >= 11 is 1.62. The van der Waals surface area contributed by atoms with Crippen molar-refractivity contribution in [2.24, 2.45) is 5.73 Å². The SMILES string of the molecule is C#CCSCCNC(=O)C1(N)CCOCC1. The van der Waals surface area contributed by atoms with Gasteiger partial charge in [-0.15, -0.1) is 18.2 Å². The van der Waals surface area contributed by atoms with Crippen molar-refractivity contribution in [3.05, 3.63) is 0 Å². The van der Waals surface area contributed by atoms with Crippen LogP contribution in [0.15, 0.2) is 0 Å². The van der Waals surface area contributed by atoms with Gasteiger partial charge in [0.1, 0.15) is 0 Å². The van der Waals surface area contributed by atoms with E-state index in [4.69, 9.17) is 16.9 Å². The Morgan fingerprint density at radius 2 is 2.25 bits per heavy atom. The molecule has 5 heteroatoms. The third kappa shape index (κ3) is 4.05. The molecular weight excluding hydrogens is 224 g/mol. The van der Waals surface area contributed by atoms with Crippen LogP contribution in [0.1, 0.15) is 12.8 Å². The van der Waals surface area contributed by atoms with Crippen LogP contribution in [0.3, 0.4) is 0 Å². The van der Waals surface area contributed by atoms with Gasteiger partial charge in [-0.3, -0.25) is 4.79 Å². The van der Waals surface area contributed by atoms with Crippen LogP contribution >= 0.6 is 11.8 Å². The molecule has 0 aromatic rings. The van der Waals surface area contributed by atoms with Crippen molar-refractivity contribution in [2.75, 3.05) is 31.3 Å². The summed E-state index contributed by atoms with van der Waals surface area (Å²) < 4.78 is 5.19. The molecule has 0 aromatic heterocycles. The lowest BCUT2D eigenvalue weighted by molar-refractivity contribution is -0.129. The van der Waals surface area contributed by atoms with Gasteiger partial charge in [-0.2, -0.15) is 0 Å². The van der Waals surface area contributed by atoms with Crippen molar-refractivity contribution in [3.8, 4) is 12.3 Å². The van der Waals surface area contributed by atoms with Crippen molar-refractivity contribution < 1.29 is 9.53 Å². The lowest BCUT2D eigenvalue weighted by atomic mass is 9.90. The van der Waals surface area contributed by atoms with Crippen molar-refractivity contribution in [3.63, 3.8) is 0 Å². The fourth-order valence-electron chi connectivity index (χ4n) is 1.51. The largest absolute Gasteiger partial charge is 0.381 e. The van der Waals surface area contributed by atoms with Crippen LogP contribution in [0.4, 0.5) is 0 Å². The van der Waals surface area contributed by atoms with E-state index in [2.05, 4.69) is 11.2 Å². The maximum absolute atomic E-state index is 11.8. The molecule has 0 unspecified atom stereocenters. The summed E-state index contributed by atoms with van der Waals surface area (Å²) in [7, 11) is 0. The summed E-state index contributed by atoms with van der Waals surface area (Å²) in [6, 6.07) is 0. The predicted molar refractivity (Wildman–Crippen MR) is 66.1 cm³/mol. The van der Waals surface area contributed by atoms with E-state index in [9.17, 15) is 4.79 Å². The second-order valence-corrected chi connectivity index (χ2v) is 4.89. The van der Waals surface area contributed by atoms with E-state index in [1.165, 1.54) is 0 Å². The molecule has 4 nitrogen and oxygen atoms in total. The van der Waals surface area contributed by atoms with Gasteiger partial charge in [0.25, 0.3) is 0 Å². The number of ether oxygens (including phenoxy) is 1. The third-order valence-corrected chi connectivity index (χ3v) is 3.42. The molecule has 0 radical (unpaired) electrons. The van der Waals surface area contributed by atoms with Crippen molar-refractivity contribution in [1.82, 2.24) is 5.32 Å². The zero-order valence-electron chi connectivity index (χ0n) is 9.33. The number of nitrogens with two attached hydrogens (primary N) is 1. The fourth-order valence-corrected chi connectivity index (χ4v) is 2.02. The molecule has 90 valence electrons. The number of hydrogen-bond donors (Lipinski definition) is 2. The first kappa shape index (κ1) is 13.4. The monoisotopic (exact) mass is 242 g/mol. The lowest BCUT2D eigenvalue weighted by Gasteiger charge is -2.31. The summed E-state index contributed by atoms with van der Waals surface area (Å²) in [5.74, 6) is 3.96. The molecule has 1 amide bonds. The van der Waals surface area contributed by atoms with Gasteiger partial charge in [0.05, 0.1) is 11.3 Å². The molecule has 16 heavy (non-hydrogen) atoms. The number of amides is 1. The molecule has 0 bridgehead atoms. The van der Waals surface area contributed by atoms with E-state index in [0.717, 1.165) is 5.75 Å². The van der Waals surface area contributed by atoms with Gasteiger partial charge in [-0.25, -0.2) is 0 Å². The van der Waals surface area contributed by atoms with Crippen LogP contribution in [0.5, 0.6) is 0 Å². The maximum atomic E-state index is 11.8. The lowest BCUT2D eigenvalue weighted by Crippen LogP contribution is -2.57. The minimum Gasteiger partial charge on any atom is -0.381 e. The van der Waals surface area contributed by atoms with Crippen LogP contribution in [0.2, 0.25) is 0 Å². The smallest absolute Gasteiger partial charge is 0.240 e. The Morgan fingerprint density at radius 3 is 2.88 bits per heavy atom. The van der Waals surface area contributed by atoms with E-state index in [1.807, 2.05) is 0 Å². The molecule has 3 N–H and O–H groups in total. The summed E-state index contributed by atoms with van der Waals surface area (Å²) in [5.41, 5.74) is 5.27. The Bertz CT molecular complexity index is 270. The maximum Gasteiger partial charge on any atom is 0.240 e. The van der Waals surface area contributed by atoms with Gasteiger partial charge in [0.2, 0.25) is 5.91 Å². The number of terminal acetylenes is 1. The highest BCUT2D eigenvalue weighted by Gasteiger charge is 2.35.